The van der Waals surface area contributed by atoms with E-state index in [1.54, 1.807) is 25.2 Å². The van der Waals surface area contributed by atoms with Gasteiger partial charge in [-0.2, -0.15) is 0 Å². The van der Waals surface area contributed by atoms with Gasteiger partial charge in [0.25, 0.3) is 0 Å². The molecule has 0 unspecified atom stereocenters. The molecule has 32 heavy (non-hydrogen) atoms. The van der Waals surface area contributed by atoms with Crippen LogP contribution in [0.2, 0.25) is 0 Å². The molecule has 0 aliphatic carbocycles. The zero-order valence-electron chi connectivity index (χ0n) is 19.0. The van der Waals surface area contributed by atoms with Gasteiger partial charge in [-0.15, -0.1) is 0 Å². The smallest absolute Gasteiger partial charge is 0.327 e. The first kappa shape index (κ1) is 23.8. The van der Waals surface area contributed by atoms with Crippen LogP contribution >= 0.6 is 0 Å². The Morgan fingerprint density at radius 2 is 1.75 bits per heavy atom. The summed E-state index contributed by atoms with van der Waals surface area (Å²) in [6, 6.07) is 5.00. The van der Waals surface area contributed by atoms with E-state index < -0.39 is 17.8 Å². The minimum absolute atomic E-state index is 0.192. The SMILES string of the molecule is CCN1CCN(C(=O)N(CCN2CCOCC2)Cc2ccc(OC)c(OC)c2)C(=O)C1=O. The second-order valence-electron chi connectivity index (χ2n) is 7.69. The van der Waals surface area contributed by atoms with Crippen molar-refractivity contribution in [2.24, 2.45) is 0 Å². The number of amides is 4. The van der Waals surface area contributed by atoms with E-state index in [1.165, 1.54) is 4.90 Å². The van der Waals surface area contributed by atoms with Crippen LogP contribution < -0.4 is 9.47 Å². The Balaban J connectivity index is 1.77. The number of hydrogen-bond donors (Lipinski definition) is 0. The van der Waals surface area contributed by atoms with E-state index in [1.807, 2.05) is 19.1 Å². The quantitative estimate of drug-likeness (QED) is 0.539. The van der Waals surface area contributed by atoms with Gasteiger partial charge in [-0.3, -0.25) is 19.4 Å². The number of carbonyl (C=O) groups is 3. The Labute approximate surface area is 188 Å². The van der Waals surface area contributed by atoms with E-state index in [-0.39, 0.29) is 13.1 Å². The van der Waals surface area contributed by atoms with Crippen LogP contribution in [0.5, 0.6) is 11.5 Å². The zero-order valence-corrected chi connectivity index (χ0v) is 19.0. The normalized spacial score (nSPS) is 17.5. The molecule has 2 aliphatic heterocycles. The lowest BCUT2D eigenvalue weighted by Gasteiger charge is -2.36. The second kappa shape index (κ2) is 11.1. The largest absolute Gasteiger partial charge is 0.493 e. The topological polar surface area (TPSA) is 91.9 Å². The Morgan fingerprint density at radius 1 is 1.03 bits per heavy atom. The molecule has 0 bridgehead atoms. The number of piperazine rings is 1. The molecule has 0 aromatic heterocycles. The molecule has 0 spiro atoms. The van der Waals surface area contributed by atoms with Crippen LogP contribution in [0.15, 0.2) is 18.2 Å². The van der Waals surface area contributed by atoms with Gasteiger partial charge >= 0.3 is 17.8 Å². The van der Waals surface area contributed by atoms with E-state index in [0.717, 1.165) is 23.6 Å². The predicted octanol–water partition coefficient (Wildman–Crippen LogP) is 0.649. The molecule has 0 atom stereocenters. The van der Waals surface area contributed by atoms with E-state index in [4.69, 9.17) is 14.2 Å². The van der Waals surface area contributed by atoms with Gasteiger partial charge in [0.1, 0.15) is 0 Å². The fourth-order valence-corrected chi connectivity index (χ4v) is 3.86. The molecule has 10 heteroatoms. The van der Waals surface area contributed by atoms with Crippen LogP contribution in [0.3, 0.4) is 0 Å². The van der Waals surface area contributed by atoms with E-state index in [2.05, 4.69) is 4.90 Å². The summed E-state index contributed by atoms with van der Waals surface area (Å²) in [5.74, 6) is -0.245. The molecule has 1 aromatic rings. The first-order valence-electron chi connectivity index (χ1n) is 10.9. The molecular weight excluding hydrogens is 416 g/mol. The minimum Gasteiger partial charge on any atom is -0.493 e. The lowest BCUT2D eigenvalue weighted by molar-refractivity contribution is -0.153. The molecule has 4 amide bonds. The van der Waals surface area contributed by atoms with Crippen molar-refractivity contribution < 1.29 is 28.6 Å². The third kappa shape index (κ3) is 5.49. The van der Waals surface area contributed by atoms with Gasteiger partial charge in [-0.25, -0.2) is 4.79 Å². The number of urea groups is 1. The van der Waals surface area contributed by atoms with Crippen molar-refractivity contribution >= 4 is 17.8 Å². The second-order valence-corrected chi connectivity index (χ2v) is 7.69. The molecule has 2 saturated heterocycles. The van der Waals surface area contributed by atoms with E-state index in [9.17, 15) is 14.4 Å². The van der Waals surface area contributed by atoms with Crippen LogP contribution in [0.25, 0.3) is 0 Å². The molecule has 2 aliphatic rings. The molecule has 10 nitrogen and oxygen atoms in total. The maximum atomic E-state index is 13.4. The summed E-state index contributed by atoms with van der Waals surface area (Å²) in [5, 5.41) is 0. The van der Waals surface area contributed by atoms with Gasteiger partial charge in [-0.1, -0.05) is 6.07 Å². The van der Waals surface area contributed by atoms with Crippen molar-refractivity contribution in [2.75, 3.05) is 73.2 Å². The van der Waals surface area contributed by atoms with Gasteiger partial charge in [0.2, 0.25) is 0 Å². The number of morpholine rings is 1. The number of nitrogens with zero attached hydrogens (tertiary/aromatic N) is 4. The third-order valence-electron chi connectivity index (χ3n) is 5.80. The summed E-state index contributed by atoms with van der Waals surface area (Å²) >= 11 is 0. The number of rotatable bonds is 8. The maximum absolute atomic E-state index is 13.4. The highest BCUT2D eigenvalue weighted by Crippen LogP contribution is 2.28. The molecule has 0 N–H and O–H groups in total. The summed E-state index contributed by atoms with van der Waals surface area (Å²) in [6.07, 6.45) is 0. The highest BCUT2D eigenvalue weighted by atomic mass is 16.5. The molecule has 3 rings (SSSR count). The summed E-state index contributed by atoms with van der Waals surface area (Å²) < 4.78 is 16.1. The van der Waals surface area contributed by atoms with Crippen molar-refractivity contribution in [3.63, 3.8) is 0 Å². The monoisotopic (exact) mass is 448 g/mol. The Morgan fingerprint density at radius 3 is 2.41 bits per heavy atom. The summed E-state index contributed by atoms with van der Waals surface area (Å²) in [7, 11) is 3.12. The average Bonchev–Trinajstić information content (AvgIpc) is 2.83. The van der Waals surface area contributed by atoms with Crippen molar-refractivity contribution in [1.29, 1.82) is 0 Å². The van der Waals surface area contributed by atoms with Crippen LogP contribution in [0.1, 0.15) is 12.5 Å². The third-order valence-corrected chi connectivity index (χ3v) is 5.80. The highest BCUT2D eigenvalue weighted by molar-refractivity contribution is 6.38. The summed E-state index contributed by atoms with van der Waals surface area (Å²) in [6.45, 7) is 7.06. The maximum Gasteiger partial charge on any atom is 0.327 e. The molecule has 2 fully saturated rings. The number of ether oxygens (including phenoxy) is 3. The highest BCUT2D eigenvalue weighted by Gasteiger charge is 2.37. The van der Waals surface area contributed by atoms with Crippen molar-refractivity contribution in [1.82, 2.24) is 19.6 Å². The molecule has 176 valence electrons. The lowest BCUT2D eigenvalue weighted by atomic mass is 10.2. The Hall–Kier alpha value is -2.85. The van der Waals surface area contributed by atoms with Crippen LogP contribution in [-0.4, -0.2) is 111 Å². The van der Waals surface area contributed by atoms with Crippen LogP contribution in [0, 0.1) is 0 Å². The number of imide groups is 1. The number of benzene rings is 1. The van der Waals surface area contributed by atoms with Gasteiger partial charge in [0.05, 0.1) is 27.4 Å². The Kier molecular flexibility index (Phi) is 8.29. The number of carbonyl (C=O) groups excluding carboxylic acids is 3. The first-order valence-corrected chi connectivity index (χ1v) is 10.9. The molecule has 2 heterocycles. The summed E-state index contributed by atoms with van der Waals surface area (Å²) in [4.78, 5) is 44.7. The number of methoxy groups -OCH3 is 2. The molecule has 0 saturated carbocycles. The van der Waals surface area contributed by atoms with Gasteiger partial charge in [0, 0.05) is 52.4 Å². The van der Waals surface area contributed by atoms with Crippen molar-refractivity contribution in [3.05, 3.63) is 23.8 Å². The van der Waals surface area contributed by atoms with Crippen LogP contribution in [0.4, 0.5) is 4.79 Å². The number of likely N-dealkylation sites (N-methyl/N-ethyl adjacent to an activating group) is 1. The zero-order chi connectivity index (χ0) is 23.1. The van der Waals surface area contributed by atoms with E-state index >= 15 is 0 Å². The van der Waals surface area contributed by atoms with Gasteiger partial charge in [0.15, 0.2) is 11.5 Å². The summed E-state index contributed by atoms with van der Waals surface area (Å²) in [5.41, 5.74) is 0.837. The fraction of sp³-hybridized carbons (Fsp3) is 0.591. The number of hydrogen-bond acceptors (Lipinski definition) is 7. The predicted molar refractivity (Wildman–Crippen MR) is 117 cm³/mol. The van der Waals surface area contributed by atoms with Crippen LogP contribution in [-0.2, 0) is 20.9 Å². The average molecular weight is 449 g/mol. The standard InChI is InChI=1S/C22H32N4O6/c1-4-24-9-10-26(21(28)20(24)27)22(29)25(8-7-23-11-13-32-14-12-23)16-17-5-6-18(30-2)19(15-17)31-3/h5-6,15H,4,7-14,16H2,1-3H3. The molecule has 1 aromatic carbocycles. The Bertz CT molecular complexity index is 827. The van der Waals surface area contributed by atoms with Gasteiger partial charge in [-0.05, 0) is 24.6 Å². The van der Waals surface area contributed by atoms with E-state index in [0.29, 0.717) is 50.9 Å². The molecule has 0 radical (unpaired) electrons. The molecular formula is C22H32N4O6. The minimum atomic E-state index is -0.771. The first-order chi connectivity index (χ1) is 15.5. The van der Waals surface area contributed by atoms with Crippen molar-refractivity contribution in [2.45, 2.75) is 13.5 Å². The fourth-order valence-electron chi connectivity index (χ4n) is 3.86. The van der Waals surface area contributed by atoms with Crippen molar-refractivity contribution in [3.8, 4) is 11.5 Å². The lowest BCUT2D eigenvalue weighted by Crippen LogP contribution is -2.59. The van der Waals surface area contributed by atoms with Gasteiger partial charge < -0.3 is 24.0 Å².